The number of aromatic nitrogens is 8. The summed E-state index contributed by atoms with van der Waals surface area (Å²) in [7, 11) is 0. The molecule has 3 fully saturated rings. The van der Waals surface area contributed by atoms with Crippen LogP contribution < -0.4 is 22.9 Å². The number of rotatable bonds is 8. The molecule has 2 aliphatic carbocycles. The summed E-state index contributed by atoms with van der Waals surface area (Å²) in [6, 6.07) is 19.6. The van der Waals surface area contributed by atoms with Gasteiger partial charge in [-0.2, -0.15) is 0 Å². The Balaban J connectivity index is 0.000000164. The molecule has 7 heterocycles. The third-order valence-electron chi connectivity index (χ3n) is 13.5. The number of halogens is 2. The molecule has 6 aromatic heterocycles. The van der Waals surface area contributed by atoms with Gasteiger partial charge < -0.3 is 51.8 Å². The van der Waals surface area contributed by atoms with E-state index in [1.165, 1.54) is 18.2 Å². The van der Waals surface area contributed by atoms with Gasteiger partial charge >= 0.3 is 0 Å². The maximum Gasteiger partial charge on any atom is 0.163 e. The molecule has 18 heteroatoms. The highest BCUT2D eigenvalue weighted by atomic mass is 35.5. The highest BCUT2D eigenvalue weighted by Crippen LogP contribution is 2.49. The summed E-state index contributed by atoms with van der Waals surface area (Å²) in [4.78, 5) is 25.8. The van der Waals surface area contributed by atoms with Gasteiger partial charge in [0.15, 0.2) is 5.79 Å². The van der Waals surface area contributed by atoms with Crippen LogP contribution in [0.2, 0.25) is 10.0 Å². The van der Waals surface area contributed by atoms with Crippen molar-refractivity contribution in [2.75, 3.05) is 22.9 Å². The fourth-order valence-corrected chi connectivity index (χ4v) is 10.5. The minimum absolute atomic E-state index is 0. The summed E-state index contributed by atoms with van der Waals surface area (Å²) in [6.45, 7) is 3.97. The van der Waals surface area contributed by atoms with Crippen LogP contribution in [-0.2, 0) is 22.3 Å². The molecule has 2 aromatic carbocycles. The van der Waals surface area contributed by atoms with Crippen LogP contribution in [0.5, 0.6) is 0 Å². The first kappa shape index (κ1) is 45.3. The minimum atomic E-state index is -0.878. The molecular formula is C48H54Cl2N12O4. The normalized spacial score (nSPS) is 24.5. The number of nitrogens with two attached hydrogens (primary N) is 4. The molecule has 3 aliphatic rings. The predicted octanol–water partition coefficient (Wildman–Crippen LogP) is 7.86. The predicted molar refractivity (Wildman–Crippen MR) is 260 cm³/mol. The molecule has 0 unspecified atom stereocenters. The molecule has 0 amide bonds. The number of anilines is 4. The number of pyridine rings is 2. The third-order valence-corrected chi connectivity index (χ3v) is 14.1. The van der Waals surface area contributed by atoms with Crippen molar-refractivity contribution in [1.82, 2.24) is 39.0 Å². The van der Waals surface area contributed by atoms with Gasteiger partial charge in [0.1, 0.15) is 59.4 Å². The Morgan fingerprint density at radius 1 is 0.621 bits per heavy atom. The lowest BCUT2D eigenvalue weighted by Gasteiger charge is -2.24. The number of nitrogen functional groups attached to an aromatic ring is 4. The van der Waals surface area contributed by atoms with Crippen molar-refractivity contribution >= 4 is 90.3 Å². The van der Waals surface area contributed by atoms with Crippen molar-refractivity contribution in [3.05, 3.63) is 107 Å². The summed E-state index contributed by atoms with van der Waals surface area (Å²) >= 11 is 12.2. The zero-order chi connectivity index (χ0) is 45.3. The molecule has 2 saturated carbocycles. The minimum Gasteiger partial charge on any atom is -0.390 e. The van der Waals surface area contributed by atoms with Gasteiger partial charge in [0, 0.05) is 23.2 Å². The quantitative estimate of drug-likeness (QED) is 0.0849. The number of hydrogen-bond donors (Lipinski definition) is 6. The van der Waals surface area contributed by atoms with E-state index in [1.807, 2.05) is 73.3 Å². The Labute approximate surface area is 391 Å². The van der Waals surface area contributed by atoms with Gasteiger partial charge in [0.2, 0.25) is 0 Å². The summed E-state index contributed by atoms with van der Waals surface area (Å²) in [5.74, 6) is 1.24. The van der Waals surface area contributed by atoms with Gasteiger partial charge in [-0.1, -0.05) is 54.9 Å². The lowest BCUT2D eigenvalue weighted by atomic mass is 9.95. The highest BCUT2D eigenvalue weighted by Gasteiger charge is 2.54. The molecule has 344 valence electrons. The Hall–Kier alpha value is -5.88. The van der Waals surface area contributed by atoms with Crippen molar-refractivity contribution < 1.29 is 19.7 Å². The zero-order valence-corrected chi connectivity index (χ0v) is 37.3. The number of fused-ring (bicyclic) bond motifs is 5. The second kappa shape index (κ2) is 17.7. The number of nitrogens with zero attached hydrogens (tertiary/aromatic N) is 8. The maximum atomic E-state index is 10.7. The Kier molecular flexibility index (Phi) is 12.2. The molecule has 10 N–H and O–H groups in total. The van der Waals surface area contributed by atoms with Crippen LogP contribution in [0.4, 0.5) is 23.3 Å². The van der Waals surface area contributed by atoms with E-state index >= 15 is 0 Å². The number of benzene rings is 2. The van der Waals surface area contributed by atoms with E-state index in [0.29, 0.717) is 51.3 Å². The van der Waals surface area contributed by atoms with Crippen LogP contribution >= 0.6 is 23.2 Å². The van der Waals surface area contributed by atoms with Crippen molar-refractivity contribution in [3.8, 4) is 0 Å². The van der Waals surface area contributed by atoms with Gasteiger partial charge in [0.05, 0.1) is 56.1 Å². The van der Waals surface area contributed by atoms with Crippen molar-refractivity contribution in [3.63, 3.8) is 0 Å². The molecule has 8 atom stereocenters. The largest absolute Gasteiger partial charge is 0.390 e. The second-order valence-corrected chi connectivity index (χ2v) is 18.8. The lowest BCUT2D eigenvalue weighted by molar-refractivity contribution is -0.160. The fraction of sp³-hybridized carbons (Fsp3) is 0.375. The molecule has 1 aliphatic heterocycles. The van der Waals surface area contributed by atoms with Crippen LogP contribution in [0.15, 0.2) is 85.7 Å². The molecule has 16 nitrogen and oxygen atoms in total. The highest BCUT2D eigenvalue weighted by molar-refractivity contribution is 6.33. The van der Waals surface area contributed by atoms with E-state index in [2.05, 4.69) is 52.7 Å². The summed E-state index contributed by atoms with van der Waals surface area (Å²) in [6.07, 6.45) is 10.1. The molecular weight excluding hydrogens is 880 g/mol. The average molecular weight is 934 g/mol. The lowest BCUT2D eigenvalue weighted by Crippen LogP contribution is -2.29. The first-order valence-corrected chi connectivity index (χ1v) is 22.5. The molecule has 8 aromatic rings. The number of aliphatic hydroxyl groups excluding tert-OH is 2. The number of ether oxygens (including phenoxy) is 2. The van der Waals surface area contributed by atoms with Crippen LogP contribution in [0, 0.1) is 11.8 Å². The summed E-state index contributed by atoms with van der Waals surface area (Å²) < 4.78 is 16.9. The van der Waals surface area contributed by atoms with Crippen molar-refractivity contribution in [2.45, 2.75) is 102 Å². The van der Waals surface area contributed by atoms with E-state index in [9.17, 15) is 10.2 Å². The van der Waals surface area contributed by atoms with Crippen LogP contribution in [-0.4, -0.2) is 79.5 Å². The molecule has 66 heavy (non-hydrogen) atoms. The third kappa shape index (κ3) is 8.41. The van der Waals surface area contributed by atoms with Crippen LogP contribution in [0.1, 0.15) is 70.2 Å². The maximum absolute atomic E-state index is 10.7. The average Bonchev–Trinajstić information content (AvgIpc) is 4.10. The topological polar surface area (TPSA) is 250 Å². The van der Waals surface area contributed by atoms with Gasteiger partial charge in [-0.3, -0.25) is 0 Å². The molecule has 1 saturated heterocycles. The van der Waals surface area contributed by atoms with E-state index in [1.54, 1.807) is 0 Å². The summed E-state index contributed by atoms with van der Waals surface area (Å²) in [5.41, 5.74) is 29.2. The Morgan fingerprint density at radius 2 is 1.11 bits per heavy atom. The van der Waals surface area contributed by atoms with E-state index in [-0.39, 0.29) is 37.6 Å². The van der Waals surface area contributed by atoms with Gasteiger partial charge in [-0.25, -0.2) is 29.9 Å². The monoisotopic (exact) mass is 932 g/mol. The first-order chi connectivity index (χ1) is 31.2. The molecule has 0 bridgehead atoms. The number of aliphatic hydroxyl groups is 2. The molecule has 0 radical (unpaired) electrons. The smallest absolute Gasteiger partial charge is 0.163 e. The fourth-order valence-electron chi connectivity index (χ4n) is 10.2. The van der Waals surface area contributed by atoms with E-state index in [0.717, 1.165) is 75.9 Å². The molecule has 11 rings (SSSR count). The standard InChI is InChI=1S/C25H27ClN6O2.C22H23ClN6O2.CH4/c1-25(2)33-20-15(6-4-13-3-5-14-10-17(26)23(28)31-18(14)9-13)11-19(21(20)34-25)32-8-7-16-22(27)29-12-30-24(16)32;23-15-8-12-3-1-11(7-16(12)28-21(15)25)2-4-13-9-17(19(31)18(13)30)29-6-5-14-20(24)26-10-27-22(14)29;/h3,5,7-10,12,15,19-21H,4,6,11H2,1-2H3,(H2,28,31)(H2,27,29,30);1,3,5-8,10,13,17-19,30-31H,2,4,9H2,(H2,25,28)(H2,24,26,27);1H4/t15-,19+,20+,21-;13-,17+,18+,19-;/m00./s1. The van der Waals surface area contributed by atoms with E-state index in [4.69, 9.17) is 55.6 Å². The molecule has 0 spiro atoms. The summed E-state index contributed by atoms with van der Waals surface area (Å²) in [5, 5.41) is 25.9. The van der Waals surface area contributed by atoms with Crippen molar-refractivity contribution in [2.24, 2.45) is 11.8 Å². The zero-order valence-electron chi connectivity index (χ0n) is 35.8. The van der Waals surface area contributed by atoms with Crippen LogP contribution in [0.3, 0.4) is 0 Å². The SMILES string of the molecule is C.CC1(C)O[C@@H]2[C@@H](CCc3ccc4cc(Cl)c(N)nc4c3)C[C@@H](n3ccc4c(N)ncnc43)[C@@H]2O1.Nc1nc2cc(CC[C@H]3C[C@@H](n4ccc5c(N)ncnc54)[C@H](O)[C@@H]3O)ccc2cc1Cl. The number of aryl methyl sites for hydroxylation is 2. The number of hydrogen-bond acceptors (Lipinski definition) is 14. The van der Waals surface area contributed by atoms with Gasteiger partial charge in [-0.05, 0) is 112 Å². The Morgan fingerprint density at radius 3 is 1.65 bits per heavy atom. The van der Waals surface area contributed by atoms with Gasteiger partial charge in [0.25, 0.3) is 0 Å². The Bertz CT molecular complexity index is 3090. The van der Waals surface area contributed by atoms with Gasteiger partial charge in [-0.15, -0.1) is 0 Å². The van der Waals surface area contributed by atoms with Crippen molar-refractivity contribution in [1.29, 1.82) is 0 Å². The van der Waals surface area contributed by atoms with Crippen LogP contribution in [0.25, 0.3) is 43.9 Å². The van der Waals surface area contributed by atoms with E-state index < -0.39 is 18.0 Å². The first-order valence-electron chi connectivity index (χ1n) is 21.8. The second-order valence-electron chi connectivity index (χ2n) is 18.0.